The van der Waals surface area contributed by atoms with Crippen molar-refractivity contribution in [1.82, 2.24) is 4.57 Å². The first kappa shape index (κ1) is 88.7. The number of carbonyl (C=O) groups is 5. The quantitative estimate of drug-likeness (QED) is 0.0357. The molecule has 11 aromatic rings. The van der Waals surface area contributed by atoms with Gasteiger partial charge in [-0.25, -0.2) is 0 Å². The molecule has 0 atom stereocenters. The molecule has 626 valence electrons. The van der Waals surface area contributed by atoms with E-state index in [1.807, 2.05) is 103 Å². The van der Waals surface area contributed by atoms with E-state index >= 15 is 0 Å². The minimum Gasteiger partial charge on any atom is -0.386 e. The van der Waals surface area contributed by atoms with Crippen LogP contribution in [-0.2, 0) is 99.2 Å². The van der Waals surface area contributed by atoms with E-state index < -0.39 is 16.8 Å². The lowest BCUT2D eigenvalue weighted by molar-refractivity contribution is -0.115. The fourth-order valence-electron chi connectivity index (χ4n) is 15.5. The fourth-order valence-corrected chi connectivity index (χ4v) is 15.5. The van der Waals surface area contributed by atoms with Crippen molar-refractivity contribution in [3.8, 4) is 0 Å². The molecule has 5 amide bonds. The second-order valence-corrected chi connectivity index (χ2v) is 34.1. The van der Waals surface area contributed by atoms with Gasteiger partial charge >= 0.3 is 0 Å². The Kier molecular flexibility index (Phi) is 29.3. The molecule has 18 nitrogen and oxygen atoms in total. The van der Waals surface area contributed by atoms with Crippen LogP contribution in [0.5, 0.6) is 0 Å². The molecule has 0 unspecified atom stereocenters. The second kappa shape index (κ2) is 39.6. The Hall–Kier alpha value is -12.1. The summed E-state index contributed by atoms with van der Waals surface area (Å²) in [6, 6.07) is 74.7. The molecule has 0 fully saturated rings. The summed E-state index contributed by atoms with van der Waals surface area (Å²) in [5, 5.41) is 45.5. The van der Waals surface area contributed by atoms with E-state index in [9.17, 15) is 39.3 Å². The molecule has 0 saturated heterocycles. The number of nitrogens with zero attached hydrogens (tertiary/aromatic N) is 5. The summed E-state index contributed by atoms with van der Waals surface area (Å²) in [7, 11) is 0. The molecule has 0 radical (unpaired) electrons. The molecule has 0 aliphatic carbocycles. The third kappa shape index (κ3) is 25.0. The van der Waals surface area contributed by atoms with Gasteiger partial charge in [0.25, 0.3) is 0 Å². The summed E-state index contributed by atoms with van der Waals surface area (Å²) < 4.78 is 2.17. The number of rotatable bonds is 20. The summed E-state index contributed by atoms with van der Waals surface area (Å²) in [4.78, 5) is 65.4. The number of aliphatic hydroxyl groups is 3. The SMILES string of the molecule is CC(=O)Nc1ccc2c(c1)CC=CN2Cc1ccc(C(C)C)cc1.CC(=O)Nc1ccc2c(c1)CCCN2Cc1ccc(C(C)(C)O)cc1.CC(=O)Nc1ccc2c(c1)CCN2Cc1ccc(C(C)(C)O)cc1.CC(=O)Nc1ccc2c(c1)CCN2Cc1ccc(C(C)C)cc1.CC(=O)Nc1ccc2c(ccn2Cc2ccc(C(C)(C)O)cc2)c1. The van der Waals surface area contributed by atoms with E-state index in [2.05, 4.69) is 212 Å². The topological polar surface area (TPSA) is 224 Å². The van der Waals surface area contributed by atoms with E-state index in [1.54, 1.807) is 48.5 Å². The number of anilines is 9. The minimum absolute atomic E-state index is 0.0231. The van der Waals surface area contributed by atoms with Crippen molar-refractivity contribution in [2.75, 3.05) is 65.8 Å². The highest BCUT2D eigenvalue weighted by Gasteiger charge is 2.25. The smallest absolute Gasteiger partial charge is 0.221 e. The van der Waals surface area contributed by atoms with Crippen LogP contribution in [0.3, 0.4) is 0 Å². The van der Waals surface area contributed by atoms with Crippen molar-refractivity contribution < 1.29 is 39.3 Å². The molecule has 15 rings (SSSR count). The number of nitrogens with one attached hydrogen (secondary N) is 5. The Morgan fingerprint density at radius 1 is 0.350 bits per heavy atom. The molecular formula is C102H120N10O8. The van der Waals surface area contributed by atoms with Crippen LogP contribution in [0, 0.1) is 0 Å². The van der Waals surface area contributed by atoms with Crippen LogP contribution < -0.4 is 46.2 Å². The van der Waals surface area contributed by atoms with Crippen LogP contribution in [0.4, 0.5) is 51.2 Å². The van der Waals surface area contributed by atoms with Crippen LogP contribution in [0.25, 0.3) is 10.9 Å². The average Bonchev–Trinajstić information content (AvgIpc) is 1.77. The minimum atomic E-state index is -0.821. The molecule has 1 aromatic heterocycles. The molecule has 10 aromatic carbocycles. The summed E-state index contributed by atoms with van der Waals surface area (Å²) in [6.07, 6.45) is 11.4. The van der Waals surface area contributed by atoms with Crippen LogP contribution >= 0.6 is 0 Å². The van der Waals surface area contributed by atoms with Crippen molar-refractivity contribution in [1.29, 1.82) is 0 Å². The van der Waals surface area contributed by atoms with Gasteiger partial charge in [0.2, 0.25) is 29.5 Å². The molecule has 18 heteroatoms. The van der Waals surface area contributed by atoms with Crippen molar-refractivity contribution in [2.24, 2.45) is 0 Å². The Balaban J connectivity index is 0.000000147. The Morgan fingerprint density at radius 2 is 0.667 bits per heavy atom. The lowest BCUT2D eigenvalue weighted by Gasteiger charge is -2.32. The highest BCUT2D eigenvalue weighted by Crippen LogP contribution is 2.37. The maximum Gasteiger partial charge on any atom is 0.221 e. The number of fused-ring (bicyclic) bond motifs is 5. The predicted molar refractivity (Wildman–Crippen MR) is 492 cm³/mol. The highest BCUT2D eigenvalue weighted by molar-refractivity contribution is 5.94. The molecule has 4 aliphatic rings. The van der Waals surface area contributed by atoms with Gasteiger partial charge in [-0.3, -0.25) is 24.0 Å². The Labute approximate surface area is 709 Å². The number of carbonyl (C=O) groups excluding carboxylic acids is 5. The van der Waals surface area contributed by atoms with Gasteiger partial charge in [-0.2, -0.15) is 0 Å². The predicted octanol–water partition coefficient (Wildman–Crippen LogP) is 20.3. The van der Waals surface area contributed by atoms with E-state index in [-0.39, 0.29) is 29.5 Å². The van der Waals surface area contributed by atoms with Gasteiger partial charge < -0.3 is 66.1 Å². The number of aryl methyl sites for hydroxylation is 1. The third-order valence-corrected chi connectivity index (χ3v) is 21.9. The van der Waals surface area contributed by atoms with E-state index in [0.29, 0.717) is 11.8 Å². The molecule has 5 heterocycles. The summed E-state index contributed by atoms with van der Waals surface area (Å²) in [5.41, 5.74) is 24.8. The number of hydrogen-bond acceptors (Lipinski definition) is 12. The van der Waals surface area contributed by atoms with Crippen LogP contribution in [0.2, 0.25) is 0 Å². The molecule has 4 aliphatic heterocycles. The van der Waals surface area contributed by atoms with Crippen molar-refractivity contribution >= 4 is 91.6 Å². The first-order valence-electron chi connectivity index (χ1n) is 41.8. The van der Waals surface area contributed by atoms with E-state index in [0.717, 1.165) is 140 Å². The number of aromatic nitrogens is 1. The van der Waals surface area contributed by atoms with Crippen molar-refractivity contribution in [3.63, 3.8) is 0 Å². The average molecular weight is 1610 g/mol. The van der Waals surface area contributed by atoms with Crippen molar-refractivity contribution in [3.05, 3.63) is 315 Å². The lowest BCUT2D eigenvalue weighted by atomic mass is 9.96. The molecule has 8 N–H and O–H groups in total. The fraction of sp³-hybridized carbons (Fsp3) is 0.324. The van der Waals surface area contributed by atoms with Gasteiger partial charge in [0.1, 0.15) is 0 Å². The zero-order valence-corrected chi connectivity index (χ0v) is 72.5. The molecule has 0 bridgehead atoms. The molecule has 0 spiro atoms. The number of amides is 5. The number of hydrogen-bond donors (Lipinski definition) is 8. The largest absolute Gasteiger partial charge is 0.386 e. The van der Waals surface area contributed by atoms with Gasteiger partial charge in [0.05, 0.1) is 16.8 Å². The van der Waals surface area contributed by atoms with Crippen LogP contribution in [0.1, 0.15) is 200 Å². The summed E-state index contributed by atoms with van der Waals surface area (Å²) in [6.45, 7) is 34.5. The number of benzene rings is 10. The van der Waals surface area contributed by atoms with Gasteiger partial charge in [-0.15, -0.1) is 0 Å². The standard InChI is InChI=1S/C21H26N2O2.C21H24N2O.C20H24N2O2.C20H22N2O2.C20H24N2O/c1-15(24)22-19-10-11-20-17(13-19)5-4-12-23(20)14-16-6-8-18(9-7-16)21(2,3)25;1-15(2)18-8-6-17(7-9-18)14-23-12-4-5-19-13-20(22-16(3)24)10-11-21(19)23;2*1-14(23)21-18-8-9-19-16(12-18)10-11-22(19)13-15-4-6-17(7-5-15)20(2,3)24;1-14(2)17-6-4-16(5-7-17)13-22-11-10-18-12-19(21-15(3)23)8-9-20(18)22/h6-11,13,25H,4-5,12,14H2,1-3H3,(H,22,24);4,6-13,15H,5,14H2,1-3H3,(H,22,24);4-9,12,24H,10-11,13H2,1-3H3,(H,21,23);4-12,24H,13H2,1-3H3,(H,21,23);4-9,12,14H,10-11,13H2,1-3H3,(H,21,23). The van der Waals surface area contributed by atoms with Crippen molar-refractivity contribution in [2.45, 2.75) is 197 Å². The maximum absolute atomic E-state index is 11.2. The highest BCUT2D eigenvalue weighted by atomic mass is 16.3. The van der Waals surface area contributed by atoms with E-state index in [1.165, 1.54) is 112 Å². The normalized spacial score (nSPS) is 13.2. The maximum atomic E-state index is 11.2. The van der Waals surface area contributed by atoms with Gasteiger partial charge in [-0.1, -0.05) is 155 Å². The molecular weight excluding hydrogens is 1490 g/mol. The monoisotopic (exact) mass is 1610 g/mol. The Bertz CT molecular complexity index is 5400. The zero-order chi connectivity index (χ0) is 86.2. The first-order chi connectivity index (χ1) is 57.0. The molecule has 0 saturated carbocycles. The Morgan fingerprint density at radius 3 is 1.03 bits per heavy atom. The zero-order valence-electron chi connectivity index (χ0n) is 72.5. The summed E-state index contributed by atoms with van der Waals surface area (Å²) >= 11 is 0. The second-order valence-electron chi connectivity index (χ2n) is 34.1. The van der Waals surface area contributed by atoms with Gasteiger partial charge in [0, 0.05) is 161 Å². The van der Waals surface area contributed by atoms with E-state index in [4.69, 9.17) is 0 Å². The third-order valence-electron chi connectivity index (χ3n) is 21.9. The molecule has 120 heavy (non-hydrogen) atoms. The first-order valence-corrected chi connectivity index (χ1v) is 41.8. The number of allylic oxidation sites excluding steroid dienone is 1. The lowest BCUT2D eigenvalue weighted by Crippen LogP contribution is -2.29. The van der Waals surface area contributed by atoms with Crippen LogP contribution in [-0.4, -0.2) is 69.1 Å². The summed E-state index contributed by atoms with van der Waals surface area (Å²) in [5.74, 6) is 0.913. The van der Waals surface area contributed by atoms with Gasteiger partial charge in [-0.05, 0) is 260 Å². The van der Waals surface area contributed by atoms with Gasteiger partial charge in [0.15, 0.2) is 0 Å². The van der Waals surface area contributed by atoms with Crippen LogP contribution in [0.15, 0.2) is 237 Å².